The molecule has 4 fully saturated rings. The molecule has 1 N–H and O–H groups in total. The average Bonchev–Trinajstić information content (AvgIpc) is 3.15. The highest BCUT2D eigenvalue weighted by Crippen LogP contribution is 2.64. The van der Waals surface area contributed by atoms with Gasteiger partial charge in [-0.3, -0.25) is 4.79 Å². The number of hydrogen-bond acceptors (Lipinski definition) is 3. The number of rotatable bonds is 4. The molecular weight excluding hydrogens is 348 g/mol. The first-order valence-electron chi connectivity index (χ1n) is 9.45. The molecule has 2 atom stereocenters. The van der Waals surface area contributed by atoms with Crippen molar-refractivity contribution in [3.63, 3.8) is 0 Å². The average molecular weight is 371 g/mol. The van der Waals surface area contributed by atoms with Crippen LogP contribution in [0.5, 0.6) is 0 Å². The molecule has 0 spiro atoms. The number of aromatic nitrogens is 3. The summed E-state index contributed by atoms with van der Waals surface area (Å²) >= 11 is 6.25. The van der Waals surface area contributed by atoms with Crippen molar-refractivity contribution in [2.45, 2.75) is 50.6 Å². The van der Waals surface area contributed by atoms with Crippen LogP contribution in [0.4, 0.5) is 0 Å². The van der Waals surface area contributed by atoms with Gasteiger partial charge >= 0.3 is 0 Å². The molecule has 4 aliphatic rings. The standard InChI is InChI=1S/C20H23ClN4O/c21-17-4-2-1-3-16(17)10-23-18(26)19-6-14-5-15(7-19)9-20(8-14,11-19)25-13-22-12-24-25/h1-4,12-15H,5-11H2,(H,23,26)/t14-,15-,19?,20?/m1/s1. The van der Waals surface area contributed by atoms with E-state index in [-0.39, 0.29) is 16.9 Å². The summed E-state index contributed by atoms with van der Waals surface area (Å²) in [6, 6.07) is 7.71. The van der Waals surface area contributed by atoms with Crippen molar-refractivity contribution in [1.29, 1.82) is 0 Å². The van der Waals surface area contributed by atoms with Crippen molar-refractivity contribution >= 4 is 17.5 Å². The first-order chi connectivity index (χ1) is 12.6. The second-order valence-corrected chi connectivity index (χ2v) is 8.99. The molecule has 1 amide bonds. The predicted octanol–water partition coefficient (Wildman–Crippen LogP) is 3.54. The summed E-state index contributed by atoms with van der Waals surface area (Å²) in [6.07, 6.45) is 9.87. The molecular formula is C20H23ClN4O. The van der Waals surface area contributed by atoms with Gasteiger partial charge in [0.1, 0.15) is 12.7 Å². The van der Waals surface area contributed by atoms with Gasteiger partial charge in [0, 0.05) is 11.6 Å². The van der Waals surface area contributed by atoms with Crippen LogP contribution >= 0.6 is 11.6 Å². The summed E-state index contributed by atoms with van der Waals surface area (Å²) in [4.78, 5) is 17.5. The SMILES string of the molecule is O=C(NCc1ccccc1Cl)C12C[C@H]3C[C@H](C1)CC(n1cncn1)(C3)C2. The van der Waals surface area contributed by atoms with E-state index < -0.39 is 0 Å². The van der Waals surface area contributed by atoms with Crippen molar-refractivity contribution in [2.24, 2.45) is 17.3 Å². The lowest BCUT2D eigenvalue weighted by Crippen LogP contribution is -2.61. The summed E-state index contributed by atoms with van der Waals surface area (Å²) in [5.41, 5.74) is 0.679. The molecule has 5 nitrogen and oxygen atoms in total. The molecule has 26 heavy (non-hydrogen) atoms. The van der Waals surface area contributed by atoms with Crippen LogP contribution in [-0.2, 0) is 16.9 Å². The van der Waals surface area contributed by atoms with Crippen molar-refractivity contribution in [2.75, 3.05) is 0 Å². The second kappa shape index (κ2) is 5.81. The van der Waals surface area contributed by atoms with E-state index in [1.54, 1.807) is 6.33 Å². The summed E-state index contributed by atoms with van der Waals surface area (Å²) < 4.78 is 2.04. The number of nitrogens with one attached hydrogen (secondary N) is 1. The van der Waals surface area contributed by atoms with Crippen LogP contribution < -0.4 is 5.32 Å². The highest BCUT2D eigenvalue weighted by molar-refractivity contribution is 6.31. The molecule has 1 heterocycles. The Balaban J connectivity index is 1.40. The van der Waals surface area contributed by atoms with Crippen molar-refractivity contribution in [3.8, 4) is 0 Å². The van der Waals surface area contributed by atoms with Gasteiger partial charge in [0.25, 0.3) is 0 Å². The fourth-order valence-electron chi connectivity index (χ4n) is 6.21. The van der Waals surface area contributed by atoms with E-state index >= 15 is 0 Å². The van der Waals surface area contributed by atoms with Gasteiger partial charge in [0.05, 0.1) is 11.0 Å². The number of halogens is 1. The lowest BCUT2D eigenvalue weighted by molar-refractivity contribution is -0.156. The van der Waals surface area contributed by atoms with Crippen LogP contribution in [-0.4, -0.2) is 20.7 Å². The molecule has 2 aromatic rings. The Morgan fingerprint density at radius 2 is 2.00 bits per heavy atom. The van der Waals surface area contributed by atoms with Crippen LogP contribution in [0.1, 0.15) is 44.1 Å². The number of carbonyl (C=O) groups excluding carboxylic acids is 1. The maximum Gasteiger partial charge on any atom is 0.226 e. The summed E-state index contributed by atoms with van der Waals surface area (Å²) in [6.45, 7) is 0.492. The summed E-state index contributed by atoms with van der Waals surface area (Å²) in [7, 11) is 0. The topological polar surface area (TPSA) is 59.8 Å². The minimum Gasteiger partial charge on any atom is -0.351 e. The third-order valence-electron chi connectivity index (χ3n) is 6.81. The van der Waals surface area contributed by atoms with Gasteiger partial charge in [0.2, 0.25) is 5.91 Å². The fraction of sp³-hybridized carbons (Fsp3) is 0.550. The van der Waals surface area contributed by atoms with Gasteiger partial charge < -0.3 is 5.32 Å². The van der Waals surface area contributed by atoms with E-state index in [0.717, 1.165) is 37.7 Å². The smallest absolute Gasteiger partial charge is 0.226 e. The van der Waals surface area contributed by atoms with E-state index in [1.807, 2.05) is 35.3 Å². The van der Waals surface area contributed by atoms with Crippen LogP contribution in [0.25, 0.3) is 0 Å². The largest absolute Gasteiger partial charge is 0.351 e. The zero-order chi connectivity index (χ0) is 17.8. The number of benzene rings is 1. The lowest BCUT2D eigenvalue weighted by Gasteiger charge is -2.60. The third-order valence-corrected chi connectivity index (χ3v) is 7.18. The first kappa shape index (κ1) is 16.3. The Morgan fingerprint density at radius 3 is 2.69 bits per heavy atom. The van der Waals surface area contributed by atoms with Crippen molar-refractivity contribution in [1.82, 2.24) is 20.1 Å². The van der Waals surface area contributed by atoms with Crippen LogP contribution in [0.2, 0.25) is 5.02 Å². The lowest BCUT2D eigenvalue weighted by atomic mass is 9.46. The van der Waals surface area contributed by atoms with E-state index in [1.165, 1.54) is 6.42 Å². The Labute approximate surface area is 158 Å². The van der Waals surface area contributed by atoms with E-state index in [0.29, 0.717) is 23.4 Å². The monoisotopic (exact) mass is 370 g/mol. The quantitative estimate of drug-likeness (QED) is 0.895. The molecule has 136 valence electrons. The highest BCUT2D eigenvalue weighted by Gasteiger charge is 2.61. The summed E-state index contributed by atoms with van der Waals surface area (Å²) in [5.74, 6) is 1.43. The van der Waals surface area contributed by atoms with Crippen LogP contribution in [0.3, 0.4) is 0 Å². The van der Waals surface area contributed by atoms with Gasteiger partial charge in [-0.25, -0.2) is 9.67 Å². The van der Waals surface area contributed by atoms with E-state index in [2.05, 4.69) is 15.4 Å². The van der Waals surface area contributed by atoms with Crippen molar-refractivity contribution in [3.05, 3.63) is 47.5 Å². The Hall–Kier alpha value is -1.88. The zero-order valence-corrected chi connectivity index (χ0v) is 15.5. The van der Waals surface area contributed by atoms with E-state index in [4.69, 9.17) is 11.6 Å². The van der Waals surface area contributed by atoms with Gasteiger partial charge in [-0.1, -0.05) is 29.8 Å². The number of nitrogens with zero attached hydrogens (tertiary/aromatic N) is 3. The molecule has 6 rings (SSSR count). The predicted molar refractivity (Wildman–Crippen MR) is 98.4 cm³/mol. The zero-order valence-electron chi connectivity index (χ0n) is 14.7. The molecule has 0 aliphatic heterocycles. The number of amides is 1. The fourth-order valence-corrected chi connectivity index (χ4v) is 6.41. The Bertz CT molecular complexity index is 820. The molecule has 0 radical (unpaired) electrons. The highest BCUT2D eigenvalue weighted by atomic mass is 35.5. The molecule has 0 unspecified atom stereocenters. The summed E-state index contributed by atoms with van der Waals surface area (Å²) in [5, 5.41) is 8.35. The molecule has 1 aromatic heterocycles. The number of carbonyl (C=O) groups is 1. The molecule has 1 aromatic carbocycles. The first-order valence-corrected chi connectivity index (χ1v) is 9.83. The van der Waals surface area contributed by atoms with Gasteiger partial charge in [-0.2, -0.15) is 5.10 Å². The maximum atomic E-state index is 13.3. The minimum atomic E-state index is -0.267. The van der Waals surface area contributed by atoms with Gasteiger partial charge in [-0.15, -0.1) is 0 Å². The Kier molecular flexibility index (Phi) is 3.64. The molecule has 4 aliphatic carbocycles. The third kappa shape index (κ3) is 2.48. The molecule has 6 heteroatoms. The normalized spacial score (nSPS) is 34.8. The van der Waals surface area contributed by atoms with Crippen LogP contribution in [0.15, 0.2) is 36.9 Å². The molecule has 4 bridgehead atoms. The second-order valence-electron chi connectivity index (χ2n) is 8.58. The molecule has 4 saturated carbocycles. The van der Waals surface area contributed by atoms with Crippen LogP contribution in [0, 0.1) is 17.3 Å². The van der Waals surface area contributed by atoms with Crippen molar-refractivity contribution < 1.29 is 4.79 Å². The van der Waals surface area contributed by atoms with Gasteiger partial charge in [-0.05, 0) is 62.0 Å². The Morgan fingerprint density at radius 1 is 1.23 bits per heavy atom. The minimum absolute atomic E-state index is 0.0255. The van der Waals surface area contributed by atoms with Gasteiger partial charge in [0.15, 0.2) is 0 Å². The maximum absolute atomic E-state index is 13.3. The molecule has 0 saturated heterocycles. The van der Waals surface area contributed by atoms with E-state index in [9.17, 15) is 4.79 Å². The number of hydrogen-bond donors (Lipinski definition) is 1.